The number of carbonyl (C=O) groups excluding carboxylic acids is 1. The smallest absolute Gasteiger partial charge is 0.391 e. The Morgan fingerprint density at radius 3 is 2.71 bits per heavy atom. The van der Waals surface area contributed by atoms with E-state index in [4.69, 9.17) is 0 Å². The van der Waals surface area contributed by atoms with E-state index in [-0.39, 0.29) is 11.7 Å². The first-order chi connectivity index (χ1) is 14.6. The first-order valence-corrected chi connectivity index (χ1v) is 9.93. The molecule has 3 heterocycles. The molecule has 0 spiro atoms. The van der Waals surface area contributed by atoms with Crippen LogP contribution < -0.4 is 10.2 Å². The number of pyridine rings is 1. The summed E-state index contributed by atoms with van der Waals surface area (Å²) < 4.78 is 40.7. The molecule has 0 saturated carbocycles. The van der Waals surface area contributed by atoms with Gasteiger partial charge in [-0.3, -0.25) is 9.48 Å². The molecule has 1 aliphatic heterocycles. The average molecular weight is 433 g/mol. The topological polar surface area (TPSA) is 83.3 Å². The molecule has 4 rings (SSSR count). The van der Waals surface area contributed by atoms with Crippen molar-refractivity contribution in [3.05, 3.63) is 47.9 Å². The number of anilines is 2. The van der Waals surface area contributed by atoms with Crippen molar-refractivity contribution in [3.63, 3.8) is 0 Å². The van der Waals surface area contributed by atoms with Crippen LogP contribution in [-0.2, 0) is 6.18 Å². The maximum Gasteiger partial charge on any atom is 0.433 e. The molecule has 1 atom stereocenters. The first kappa shape index (κ1) is 21.1. The number of nitrogens with one attached hydrogen (secondary N) is 1. The number of hydrogen-bond donors (Lipinski definition) is 2. The van der Waals surface area contributed by atoms with Gasteiger partial charge in [-0.05, 0) is 44.5 Å². The van der Waals surface area contributed by atoms with Crippen LogP contribution in [0.2, 0.25) is 0 Å². The molecule has 0 unspecified atom stereocenters. The third-order valence-corrected chi connectivity index (χ3v) is 5.19. The second-order valence-corrected chi connectivity index (χ2v) is 7.88. The van der Waals surface area contributed by atoms with Gasteiger partial charge in [-0.15, -0.1) is 0 Å². The summed E-state index contributed by atoms with van der Waals surface area (Å²) in [5, 5.41) is 18.0. The van der Waals surface area contributed by atoms with Crippen LogP contribution in [-0.4, -0.2) is 45.0 Å². The molecule has 1 amide bonds. The Balaban J connectivity index is 1.72. The number of nitrogens with zero attached hydrogens (tertiary/aromatic N) is 4. The molecule has 1 saturated heterocycles. The summed E-state index contributed by atoms with van der Waals surface area (Å²) >= 11 is 0. The van der Waals surface area contributed by atoms with Crippen molar-refractivity contribution in [1.29, 1.82) is 0 Å². The molecule has 10 heteroatoms. The lowest BCUT2D eigenvalue weighted by molar-refractivity contribution is -0.141. The van der Waals surface area contributed by atoms with E-state index in [1.54, 1.807) is 10.7 Å². The third-order valence-electron chi connectivity index (χ3n) is 5.19. The van der Waals surface area contributed by atoms with Crippen LogP contribution >= 0.6 is 0 Å². The van der Waals surface area contributed by atoms with Crippen LogP contribution in [0.25, 0.3) is 10.9 Å². The van der Waals surface area contributed by atoms with Crippen LogP contribution in [0.15, 0.2) is 36.5 Å². The Hall–Kier alpha value is -3.14. The van der Waals surface area contributed by atoms with Gasteiger partial charge in [-0.1, -0.05) is 6.07 Å². The maximum atomic E-state index is 13.0. The van der Waals surface area contributed by atoms with Crippen molar-refractivity contribution in [2.75, 3.05) is 23.3 Å². The lowest BCUT2D eigenvalue weighted by atomic mass is 10.1. The number of amides is 1. The van der Waals surface area contributed by atoms with E-state index in [0.29, 0.717) is 30.9 Å². The predicted octanol–water partition coefficient (Wildman–Crippen LogP) is 3.85. The SMILES string of the molecule is CC(C)n1cc2cc(NC(=O)c3cccc(C(F)(F)F)n3)c(N3CC[C@@H](O)C3)cc2n1. The molecule has 31 heavy (non-hydrogen) atoms. The fourth-order valence-electron chi connectivity index (χ4n) is 3.57. The second-order valence-electron chi connectivity index (χ2n) is 7.88. The van der Waals surface area contributed by atoms with Gasteiger partial charge in [0.25, 0.3) is 5.91 Å². The maximum absolute atomic E-state index is 13.0. The highest BCUT2D eigenvalue weighted by molar-refractivity contribution is 6.06. The Labute approximate surface area is 176 Å². The molecule has 7 nitrogen and oxygen atoms in total. The van der Waals surface area contributed by atoms with E-state index >= 15 is 0 Å². The summed E-state index contributed by atoms with van der Waals surface area (Å²) in [6, 6.07) is 6.91. The standard InChI is InChI=1S/C21H22F3N5O2/c1-12(2)29-10-13-8-17(18(9-16(13)27-29)28-7-6-14(30)11-28)26-20(31)15-4-3-5-19(25-15)21(22,23)24/h3-5,8-10,12,14,30H,6-7,11H2,1-2H3,(H,26,31)/t14-/m1/s1. The molecule has 1 aromatic carbocycles. The predicted molar refractivity (Wildman–Crippen MR) is 110 cm³/mol. The van der Waals surface area contributed by atoms with Crippen LogP contribution in [0.4, 0.5) is 24.5 Å². The third kappa shape index (κ3) is 4.34. The molecule has 0 radical (unpaired) electrons. The minimum atomic E-state index is -4.64. The fraction of sp³-hybridized carbons (Fsp3) is 0.381. The summed E-state index contributed by atoms with van der Waals surface area (Å²) in [4.78, 5) is 18.1. The molecule has 164 valence electrons. The number of hydrogen-bond acceptors (Lipinski definition) is 5. The van der Waals surface area contributed by atoms with Crippen LogP contribution in [0.5, 0.6) is 0 Å². The average Bonchev–Trinajstić information content (AvgIpc) is 3.32. The van der Waals surface area contributed by atoms with Crippen molar-refractivity contribution >= 4 is 28.2 Å². The van der Waals surface area contributed by atoms with Crippen molar-refractivity contribution in [3.8, 4) is 0 Å². The van der Waals surface area contributed by atoms with Crippen LogP contribution in [0, 0.1) is 0 Å². The summed E-state index contributed by atoms with van der Waals surface area (Å²) in [6.45, 7) is 4.96. The summed E-state index contributed by atoms with van der Waals surface area (Å²) in [5.74, 6) is -0.748. The quantitative estimate of drug-likeness (QED) is 0.653. The molecule has 1 fully saturated rings. The van der Waals surface area contributed by atoms with Gasteiger partial charge in [-0.2, -0.15) is 18.3 Å². The van der Waals surface area contributed by atoms with E-state index in [9.17, 15) is 23.1 Å². The van der Waals surface area contributed by atoms with Gasteiger partial charge in [0.2, 0.25) is 0 Å². The highest BCUT2D eigenvalue weighted by Crippen LogP contribution is 2.34. The van der Waals surface area contributed by atoms with Gasteiger partial charge in [-0.25, -0.2) is 4.98 Å². The summed E-state index contributed by atoms with van der Waals surface area (Å²) in [7, 11) is 0. The Morgan fingerprint density at radius 1 is 1.29 bits per heavy atom. The van der Waals surface area contributed by atoms with Gasteiger partial charge in [0.15, 0.2) is 0 Å². The number of aliphatic hydroxyl groups is 1. The molecule has 2 aromatic heterocycles. The number of carbonyl (C=O) groups is 1. The lowest BCUT2D eigenvalue weighted by Crippen LogP contribution is -2.24. The minimum Gasteiger partial charge on any atom is -0.391 e. The zero-order valence-corrected chi connectivity index (χ0v) is 17.0. The van der Waals surface area contributed by atoms with Gasteiger partial charge in [0, 0.05) is 30.7 Å². The number of alkyl halides is 3. The molecular weight excluding hydrogens is 411 g/mol. The van der Waals surface area contributed by atoms with E-state index in [0.717, 1.165) is 23.0 Å². The van der Waals surface area contributed by atoms with Crippen LogP contribution in [0.1, 0.15) is 42.5 Å². The number of aliphatic hydroxyl groups excluding tert-OH is 1. The number of benzene rings is 1. The molecule has 1 aliphatic rings. The number of halogens is 3. The number of β-amino-alcohol motifs (C(OH)–C–C–N with tert-alkyl or cyclic N) is 1. The van der Waals surface area contributed by atoms with Crippen molar-refractivity contribution in [2.45, 2.75) is 38.6 Å². The normalized spacial score (nSPS) is 17.0. The molecule has 2 N–H and O–H groups in total. The van der Waals surface area contributed by atoms with Gasteiger partial charge in [0.1, 0.15) is 11.4 Å². The van der Waals surface area contributed by atoms with Crippen molar-refractivity contribution < 1.29 is 23.1 Å². The van der Waals surface area contributed by atoms with E-state index in [1.807, 2.05) is 31.0 Å². The Kier molecular flexibility index (Phi) is 5.34. The zero-order chi connectivity index (χ0) is 22.3. The van der Waals surface area contributed by atoms with Crippen molar-refractivity contribution in [2.24, 2.45) is 0 Å². The van der Waals surface area contributed by atoms with Crippen LogP contribution in [0.3, 0.4) is 0 Å². The van der Waals surface area contributed by atoms with Gasteiger partial charge < -0.3 is 15.3 Å². The van der Waals surface area contributed by atoms with E-state index in [2.05, 4.69) is 15.4 Å². The number of fused-ring (bicyclic) bond motifs is 1. The molecule has 3 aromatic rings. The Morgan fingerprint density at radius 2 is 2.06 bits per heavy atom. The minimum absolute atomic E-state index is 0.136. The van der Waals surface area contributed by atoms with E-state index in [1.165, 1.54) is 6.07 Å². The number of aromatic nitrogens is 3. The lowest BCUT2D eigenvalue weighted by Gasteiger charge is -2.22. The Bertz CT molecular complexity index is 1130. The number of rotatable bonds is 4. The summed E-state index contributed by atoms with van der Waals surface area (Å²) in [5.41, 5.74) is 0.338. The largest absolute Gasteiger partial charge is 0.433 e. The molecule has 0 aliphatic carbocycles. The molecular formula is C21H22F3N5O2. The van der Waals surface area contributed by atoms with Crippen molar-refractivity contribution in [1.82, 2.24) is 14.8 Å². The fourth-order valence-corrected chi connectivity index (χ4v) is 3.57. The zero-order valence-electron chi connectivity index (χ0n) is 17.0. The monoisotopic (exact) mass is 433 g/mol. The molecule has 0 bridgehead atoms. The van der Waals surface area contributed by atoms with Gasteiger partial charge in [0.05, 0.1) is 23.0 Å². The van der Waals surface area contributed by atoms with Gasteiger partial charge >= 0.3 is 6.18 Å². The second kappa shape index (κ2) is 7.84. The summed E-state index contributed by atoms with van der Waals surface area (Å²) in [6.07, 6.45) is -2.70. The first-order valence-electron chi connectivity index (χ1n) is 9.93. The highest BCUT2D eigenvalue weighted by Gasteiger charge is 2.33. The van der Waals surface area contributed by atoms with E-state index < -0.39 is 23.9 Å². The highest BCUT2D eigenvalue weighted by atomic mass is 19.4.